The zero-order chi connectivity index (χ0) is 14.8. The fourth-order valence-corrected chi connectivity index (χ4v) is 2.90. The summed E-state index contributed by atoms with van der Waals surface area (Å²) in [5.41, 5.74) is 0.360. The van der Waals surface area contributed by atoms with Gasteiger partial charge in [-0.05, 0) is 38.0 Å². The van der Waals surface area contributed by atoms with E-state index in [1.165, 1.54) is 7.11 Å². The second-order valence-electron chi connectivity index (χ2n) is 4.98. The van der Waals surface area contributed by atoms with Gasteiger partial charge in [-0.3, -0.25) is 4.72 Å². The fraction of sp³-hybridized carbons (Fsp3) is 0.538. The number of nitrogens with one attached hydrogen (secondary N) is 2. The van der Waals surface area contributed by atoms with Gasteiger partial charge in [-0.2, -0.15) is 0 Å². The summed E-state index contributed by atoms with van der Waals surface area (Å²) in [4.78, 5) is 0. The molecule has 7 heteroatoms. The van der Waals surface area contributed by atoms with E-state index < -0.39 is 15.3 Å². The molecule has 5 nitrogen and oxygen atoms in total. The van der Waals surface area contributed by atoms with Gasteiger partial charge in [0.2, 0.25) is 10.0 Å². The maximum Gasteiger partial charge on any atom is 0.236 e. The molecule has 1 unspecified atom stereocenters. The number of sulfonamides is 1. The molecule has 0 amide bonds. The Labute approximate surface area is 124 Å². The molecule has 0 aromatic heterocycles. The van der Waals surface area contributed by atoms with E-state index in [9.17, 15) is 8.42 Å². The van der Waals surface area contributed by atoms with Crippen molar-refractivity contribution in [3.05, 3.63) is 23.2 Å². The molecule has 0 aliphatic heterocycles. The minimum absolute atomic E-state index is 0.360. The van der Waals surface area contributed by atoms with Crippen LogP contribution in [0.1, 0.15) is 19.8 Å². The third kappa shape index (κ3) is 4.01. The molecule has 0 bridgehead atoms. The van der Waals surface area contributed by atoms with Gasteiger partial charge in [-0.15, -0.1) is 0 Å². The smallest absolute Gasteiger partial charge is 0.236 e. The van der Waals surface area contributed by atoms with E-state index in [0.717, 1.165) is 12.8 Å². The Bertz CT molecular complexity index is 573. The van der Waals surface area contributed by atoms with Crippen LogP contribution in [0.25, 0.3) is 0 Å². The van der Waals surface area contributed by atoms with Crippen LogP contribution in [-0.4, -0.2) is 33.4 Å². The maximum atomic E-state index is 12.3. The highest BCUT2D eigenvalue weighted by atomic mass is 35.5. The number of hydrogen-bond acceptors (Lipinski definition) is 4. The highest BCUT2D eigenvalue weighted by molar-refractivity contribution is 7.93. The van der Waals surface area contributed by atoms with Crippen molar-refractivity contribution in [2.24, 2.45) is 0 Å². The lowest BCUT2D eigenvalue weighted by atomic mass is 10.3. The largest absolute Gasteiger partial charge is 0.495 e. The maximum absolute atomic E-state index is 12.3. The van der Waals surface area contributed by atoms with Gasteiger partial charge in [0, 0.05) is 17.6 Å². The van der Waals surface area contributed by atoms with Crippen molar-refractivity contribution in [3.8, 4) is 5.75 Å². The van der Waals surface area contributed by atoms with Crippen molar-refractivity contribution in [1.29, 1.82) is 0 Å². The molecule has 1 aromatic rings. The molecular formula is C13H19ClN2O3S. The van der Waals surface area contributed by atoms with Gasteiger partial charge in [-0.1, -0.05) is 11.6 Å². The first kappa shape index (κ1) is 15.4. The van der Waals surface area contributed by atoms with Crippen LogP contribution < -0.4 is 14.8 Å². The summed E-state index contributed by atoms with van der Waals surface area (Å²) in [7, 11) is -2.00. The Kier molecular flexibility index (Phi) is 4.78. The molecule has 1 saturated carbocycles. The molecule has 2 rings (SSSR count). The summed E-state index contributed by atoms with van der Waals surface area (Å²) < 4.78 is 32.2. The van der Waals surface area contributed by atoms with Crippen LogP contribution in [0.15, 0.2) is 18.2 Å². The number of rotatable bonds is 7. The van der Waals surface area contributed by atoms with Crippen LogP contribution in [0, 0.1) is 0 Å². The molecular weight excluding hydrogens is 300 g/mol. The molecule has 20 heavy (non-hydrogen) atoms. The van der Waals surface area contributed by atoms with E-state index >= 15 is 0 Å². The molecule has 0 radical (unpaired) electrons. The van der Waals surface area contributed by atoms with Crippen molar-refractivity contribution >= 4 is 27.3 Å². The Morgan fingerprint density at radius 3 is 2.75 bits per heavy atom. The summed E-state index contributed by atoms with van der Waals surface area (Å²) >= 11 is 5.89. The third-order valence-corrected chi connectivity index (χ3v) is 5.18. The molecule has 1 aliphatic carbocycles. The van der Waals surface area contributed by atoms with E-state index in [-0.39, 0.29) is 0 Å². The van der Waals surface area contributed by atoms with Gasteiger partial charge in [0.25, 0.3) is 0 Å². The normalized spacial score (nSPS) is 16.8. The molecule has 1 aliphatic rings. The first-order chi connectivity index (χ1) is 9.42. The SMILES string of the molecule is COc1ccc(Cl)cc1NS(=O)(=O)C(C)CNC1CC1. The van der Waals surface area contributed by atoms with Crippen LogP contribution in [0.4, 0.5) is 5.69 Å². The van der Waals surface area contributed by atoms with Gasteiger partial charge >= 0.3 is 0 Å². The summed E-state index contributed by atoms with van der Waals surface area (Å²) in [6.45, 7) is 2.11. The molecule has 2 N–H and O–H groups in total. The topological polar surface area (TPSA) is 67.4 Å². The van der Waals surface area contributed by atoms with Crippen molar-refractivity contribution in [2.75, 3.05) is 18.4 Å². The molecule has 0 saturated heterocycles. The second-order valence-corrected chi connectivity index (χ2v) is 7.52. The lowest BCUT2D eigenvalue weighted by Crippen LogP contribution is -2.35. The van der Waals surface area contributed by atoms with Crippen LogP contribution in [0.5, 0.6) is 5.75 Å². The summed E-state index contributed by atoms with van der Waals surface area (Å²) in [6, 6.07) is 5.30. The fourth-order valence-electron chi connectivity index (χ4n) is 1.74. The summed E-state index contributed by atoms with van der Waals surface area (Å²) in [5, 5.41) is 3.13. The quantitative estimate of drug-likeness (QED) is 0.809. The monoisotopic (exact) mass is 318 g/mol. The summed E-state index contributed by atoms with van der Waals surface area (Å²) in [5.74, 6) is 0.445. The van der Waals surface area contributed by atoms with Gasteiger partial charge in [0.05, 0.1) is 18.0 Å². The summed E-state index contributed by atoms with van der Waals surface area (Å²) in [6.07, 6.45) is 2.25. The highest BCUT2D eigenvalue weighted by Crippen LogP contribution is 2.29. The van der Waals surface area contributed by atoms with Gasteiger partial charge in [-0.25, -0.2) is 8.42 Å². The average molecular weight is 319 g/mol. The van der Waals surface area contributed by atoms with Crippen LogP contribution in [-0.2, 0) is 10.0 Å². The van der Waals surface area contributed by atoms with Crippen LogP contribution in [0.2, 0.25) is 5.02 Å². The Morgan fingerprint density at radius 1 is 1.45 bits per heavy atom. The lowest BCUT2D eigenvalue weighted by Gasteiger charge is -2.17. The molecule has 112 valence electrons. The predicted molar refractivity (Wildman–Crippen MR) is 81.0 cm³/mol. The first-order valence-electron chi connectivity index (χ1n) is 6.51. The zero-order valence-corrected chi connectivity index (χ0v) is 13.1. The third-order valence-electron chi connectivity index (χ3n) is 3.21. The molecule has 1 aromatic carbocycles. The van der Waals surface area contributed by atoms with E-state index in [0.29, 0.717) is 29.0 Å². The van der Waals surface area contributed by atoms with E-state index in [1.54, 1.807) is 25.1 Å². The number of benzene rings is 1. The van der Waals surface area contributed by atoms with Crippen molar-refractivity contribution in [2.45, 2.75) is 31.1 Å². The molecule has 0 heterocycles. The van der Waals surface area contributed by atoms with Crippen molar-refractivity contribution in [1.82, 2.24) is 5.32 Å². The number of hydrogen-bond donors (Lipinski definition) is 2. The Hall–Kier alpha value is -0.980. The lowest BCUT2D eigenvalue weighted by molar-refractivity contribution is 0.417. The van der Waals surface area contributed by atoms with E-state index in [4.69, 9.17) is 16.3 Å². The Balaban J connectivity index is 2.07. The number of ether oxygens (including phenoxy) is 1. The molecule has 1 fully saturated rings. The van der Waals surface area contributed by atoms with Crippen molar-refractivity contribution in [3.63, 3.8) is 0 Å². The van der Waals surface area contributed by atoms with Crippen LogP contribution >= 0.6 is 11.6 Å². The number of methoxy groups -OCH3 is 1. The minimum Gasteiger partial charge on any atom is -0.495 e. The van der Waals surface area contributed by atoms with Gasteiger partial charge in [0.15, 0.2) is 0 Å². The predicted octanol–water partition coefficient (Wildman–Crippen LogP) is 2.23. The van der Waals surface area contributed by atoms with Gasteiger partial charge in [0.1, 0.15) is 5.75 Å². The van der Waals surface area contributed by atoms with Gasteiger partial charge < -0.3 is 10.1 Å². The van der Waals surface area contributed by atoms with E-state index in [2.05, 4.69) is 10.0 Å². The number of halogens is 1. The average Bonchev–Trinajstić information content (AvgIpc) is 3.19. The number of anilines is 1. The van der Waals surface area contributed by atoms with E-state index in [1.807, 2.05) is 0 Å². The van der Waals surface area contributed by atoms with Crippen LogP contribution in [0.3, 0.4) is 0 Å². The minimum atomic E-state index is -3.48. The second kappa shape index (κ2) is 6.20. The zero-order valence-electron chi connectivity index (χ0n) is 11.5. The van der Waals surface area contributed by atoms with Crippen molar-refractivity contribution < 1.29 is 13.2 Å². The highest BCUT2D eigenvalue weighted by Gasteiger charge is 2.26. The molecule has 1 atom stereocenters. The molecule has 0 spiro atoms. The Morgan fingerprint density at radius 2 is 2.15 bits per heavy atom. The first-order valence-corrected chi connectivity index (χ1v) is 8.43. The standard InChI is InChI=1S/C13H19ClN2O3S/c1-9(8-15-11-4-5-11)20(17,18)16-12-7-10(14)3-6-13(12)19-2/h3,6-7,9,11,15-16H,4-5,8H2,1-2H3.